The molecule has 11 heteroatoms. The van der Waals surface area contributed by atoms with Crippen LogP contribution >= 0.6 is 0 Å². The molecule has 0 saturated carbocycles. The second-order valence-corrected chi connectivity index (χ2v) is 10.0. The van der Waals surface area contributed by atoms with E-state index in [4.69, 9.17) is 5.73 Å². The summed E-state index contributed by atoms with van der Waals surface area (Å²) in [5.74, 6) is -2.39. The minimum atomic E-state index is -3.97. The van der Waals surface area contributed by atoms with Crippen LogP contribution in [0.5, 0.6) is 0 Å². The monoisotopic (exact) mass is 422 g/mol. The number of hydrogen-bond acceptors (Lipinski definition) is 7. The molecule has 29 heavy (non-hydrogen) atoms. The Balaban J connectivity index is 1.91. The summed E-state index contributed by atoms with van der Waals surface area (Å²) in [5, 5.41) is 10.8. The number of amides is 2. The van der Waals surface area contributed by atoms with Gasteiger partial charge in [-0.05, 0) is 45.0 Å². The number of carbonyl (C=O) groups is 3. The van der Waals surface area contributed by atoms with Crippen LogP contribution in [0.25, 0.3) is 6.08 Å². The van der Waals surface area contributed by atoms with Crippen LogP contribution in [0, 0.1) is 0 Å². The van der Waals surface area contributed by atoms with Crippen molar-refractivity contribution in [1.82, 2.24) is 15.2 Å². The molecule has 0 bridgehead atoms. The lowest BCUT2D eigenvalue weighted by Gasteiger charge is -2.37. The molecule has 156 valence electrons. The summed E-state index contributed by atoms with van der Waals surface area (Å²) in [5.41, 5.74) is 5.85. The van der Waals surface area contributed by atoms with Gasteiger partial charge in [0.1, 0.15) is 4.75 Å². The molecule has 2 aliphatic heterocycles. The van der Waals surface area contributed by atoms with Gasteiger partial charge in [0, 0.05) is 18.3 Å². The number of sulfone groups is 1. The molecule has 0 aliphatic carbocycles. The molecule has 4 N–H and O–H groups in total. The summed E-state index contributed by atoms with van der Waals surface area (Å²) in [4.78, 5) is 41.2. The van der Waals surface area contributed by atoms with Crippen molar-refractivity contribution < 1.29 is 27.9 Å². The molecule has 10 nitrogen and oxygen atoms in total. The van der Waals surface area contributed by atoms with E-state index in [0.717, 1.165) is 4.90 Å². The summed E-state index contributed by atoms with van der Waals surface area (Å²) in [6.45, 7) is 3.45. The molecule has 2 aliphatic rings. The average molecular weight is 422 g/mol. The van der Waals surface area contributed by atoms with Gasteiger partial charge < -0.3 is 21.1 Å². The van der Waals surface area contributed by atoms with Gasteiger partial charge in [0.2, 0.25) is 0 Å². The molecule has 0 aromatic carbocycles. The molecule has 1 aromatic rings. The Hall–Kier alpha value is -2.79. The number of carboxylic acids is 1. The highest BCUT2D eigenvalue weighted by atomic mass is 32.2. The Morgan fingerprint density at radius 2 is 2.10 bits per heavy atom. The lowest BCUT2D eigenvalue weighted by atomic mass is 9.95. The summed E-state index contributed by atoms with van der Waals surface area (Å²) in [7, 11) is -3.97. The third-order valence-corrected chi connectivity index (χ3v) is 7.97. The molecule has 0 radical (unpaired) electrons. The molecule has 0 unspecified atom stereocenters. The van der Waals surface area contributed by atoms with Crippen molar-refractivity contribution in [1.29, 1.82) is 0 Å². The minimum Gasteiger partial charge on any atom is -0.480 e. The number of aromatic nitrogens is 1. The van der Waals surface area contributed by atoms with Crippen molar-refractivity contribution in [3.05, 3.63) is 35.2 Å². The fourth-order valence-electron chi connectivity index (χ4n) is 3.58. The van der Waals surface area contributed by atoms with Crippen molar-refractivity contribution in [2.24, 2.45) is 5.73 Å². The van der Waals surface area contributed by atoms with Crippen LogP contribution in [0.3, 0.4) is 0 Å². The van der Waals surface area contributed by atoms with Gasteiger partial charge in [-0.3, -0.25) is 14.6 Å². The maximum Gasteiger partial charge on any atom is 0.328 e. The van der Waals surface area contributed by atoms with Crippen molar-refractivity contribution in [2.45, 2.75) is 36.4 Å². The van der Waals surface area contributed by atoms with Gasteiger partial charge in [-0.15, -0.1) is 0 Å². The Morgan fingerprint density at radius 3 is 2.72 bits per heavy atom. The van der Waals surface area contributed by atoms with Gasteiger partial charge in [0.15, 0.2) is 21.3 Å². The van der Waals surface area contributed by atoms with E-state index in [9.17, 15) is 27.9 Å². The zero-order valence-electron chi connectivity index (χ0n) is 16.0. The SMILES string of the molecule is CC1(C)[C@H](C(=O)O)N2C(=O)/C(=C/c3cc(C(=O)NCCCN)ccn3)[C@H]2S1(=O)=O. The maximum absolute atomic E-state index is 12.9. The normalized spacial score (nSPS) is 25.4. The van der Waals surface area contributed by atoms with E-state index < -0.39 is 37.9 Å². The van der Waals surface area contributed by atoms with Crippen LogP contribution in [0.1, 0.15) is 36.3 Å². The summed E-state index contributed by atoms with van der Waals surface area (Å²) < 4.78 is 24.1. The number of carboxylic acid groups (broad SMARTS) is 1. The van der Waals surface area contributed by atoms with Gasteiger partial charge in [0.05, 0.1) is 11.3 Å². The molecule has 3 rings (SSSR count). The molecular formula is C18H22N4O6S. The summed E-state index contributed by atoms with van der Waals surface area (Å²) in [6, 6.07) is 1.46. The standard InChI is InChI=1S/C18H22N4O6S/c1-18(2)13(17(25)26)22-15(24)12(16(22)29(18,27)28)9-11-8-10(4-7-20-11)14(23)21-6-3-5-19/h4,7-9,13,16H,3,5-6,19H2,1-2H3,(H,21,23)(H,25,26)/b12-9-/t13-,16+/m0/s1. The second-order valence-electron chi connectivity index (χ2n) is 7.42. The van der Waals surface area contributed by atoms with Gasteiger partial charge in [-0.2, -0.15) is 0 Å². The second kappa shape index (κ2) is 7.23. The van der Waals surface area contributed by atoms with E-state index in [0.29, 0.717) is 25.1 Å². The highest BCUT2D eigenvalue weighted by Crippen LogP contribution is 2.48. The lowest BCUT2D eigenvalue weighted by Crippen LogP contribution is -2.58. The number of pyridine rings is 1. The number of fused-ring (bicyclic) bond motifs is 1. The van der Waals surface area contributed by atoms with Crippen LogP contribution in [0.4, 0.5) is 0 Å². The smallest absolute Gasteiger partial charge is 0.328 e. The molecule has 2 saturated heterocycles. The Bertz CT molecular complexity index is 1020. The van der Waals surface area contributed by atoms with E-state index in [1.165, 1.54) is 38.3 Å². The molecule has 2 amide bonds. The highest BCUT2D eigenvalue weighted by molar-refractivity contribution is 7.94. The van der Waals surface area contributed by atoms with Crippen molar-refractivity contribution in [3.63, 3.8) is 0 Å². The Kier molecular flexibility index (Phi) is 5.22. The third-order valence-electron chi connectivity index (χ3n) is 5.21. The van der Waals surface area contributed by atoms with E-state index in [2.05, 4.69) is 10.3 Å². The summed E-state index contributed by atoms with van der Waals surface area (Å²) >= 11 is 0. The first kappa shape index (κ1) is 20.9. The predicted molar refractivity (Wildman–Crippen MR) is 103 cm³/mol. The Labute approximate surface area is 167 Å². The van der Waals surface area contributed by atoms with Crippen molar-refractivity contribution in [2.75, 3.05) is 13.1 Å². The van der Waals surface area contributed by atoms with Crippen LogP contribution < -0.4 is 11.1 Å². The third kappa shape index (κ3) is 3.19. The number of nitrogens with two attached hydrogens (primary N) is 1. The first-order valence-electron chi connectivity index (χ1n) is 8.99. The van der Waals surface area contributed by atoms with Crippen LogP contribution in [0.2, 0.25) is 0 Å². The zero-order valence-corrected chi connectivity index (χ0v) is 16.8. The van der Waals surface area contributed by atoms with Crippen LogP contribution in [-0.2, 0) is 19.4 Å². The first-order chi connectivity index (χ1) is 13.5. The number of hydrogen-bond donors (Lipinski definition) is 3. The zero-order chi connectivity index (χ0) is 21.6. The lowest BCUT2D eigenvalue weighted by molar-refractivity contribution is -0.152. The maximum atomic E-state index is 12.9. The first-order valence-corrected chi connectivity index (χ1v) is 10.5. The molecule has 2 fully saturated rings. The quantitative estimate of drug-likeness (QED) is 0.310. The predicted octanol–water partition coefficient (Wildman–Crippen LogP) is -0.628. The average Bonchev–Trinajstić information content (AvgIpc) is 2.80. The van der Waals surface area contributed by atoms with E-state index in [-0.39, 0.29) is 17.2 Å². The van der Waals surface area contributed by atoms with Crippen LogP contribution in [-0.4, -0.2) is 70.4 Å². The fraction of sp³-hybridized carbons (Fsp3) is 0.444. The van der Waals surface area contributed by atoms with E-state index >= 15 is 0 Å². The largest absolute Gasteiger partial charge is 0.480 e. The number of β-lactam (4-membered cyclic amide) rings is 1. The molecule has 1 aromatic heterocycles. The van der Waals surface area contributed by atoms with Gasteiger partial charge in [0.25, 0.3) is 11.8 Å². The molecule has 0 spiro atoms. The topological polar surface area (TPSA) is 160 Å². The van der Waals surface area contributed by atoms with Gasteiger partial charge in [-0.25, -0.2) is 13.2 Å². The number of carbonyl (C=O) groups excluding carboxylic acids is 2. The van der Waals surface area contributed by atoms with Gasteiger partial charge in [-0.1, -0.05) is 0 Å². The van der Waals surface area contributed by atoms with Crippen LogP contribution in [0.15, 0.2) is 23.9 Å². The Morgan fingerprint density at radius 1 is 1.41 bits per heavy atom. The fourth-order valence-corrected chi connectivity index (χ4v) is 5.70. The number of nitrogens with zero attached hydrogens (tertiary/aromatic N) is 2. The number of aliphatic carboxylic acids is 1. The highest BCUT2D eigenvalue weighted by Gasteiger charge is 2.70. The van der Waals surface area contributed by atoms with E-state index in [1.807, 2.05) is 0 Å². The number of nitrogens with one attached hydrogen (secondary N) is 1. The van der Waals surface area contributed by atoms with E-state index in [1.54, 1.807) is 0 Å². The molecular weight excluding hydrogens is 400 g/mol. The summed E-state index contributed by atoms with van der Waals surface area (Å²) in [6.07, 6.45) is 3.29. The minimum absolute atomic E-state index is 0.0602. The molecule has 3 heterocycles. The van der Waals surface area contributed by atoms with Gasteiger partial charge >= 0.3 is 5.97 Å². The van der Waals surface area contributed by atoms with Crippen molar-refractivity contribution in [3.8, 4) is 0 Å². The van der Waals surface area contributed by atoms with Crippen molar-refractivity contribution >= 4 is 33.7 Å². The molecule has 2 atom stereocenters. The number of rotatable bonds is 6.